The van der Waals surface area contributed by atoms with Gasteiger partial charge in [-0.3, -0.25) is 0 Å². The monoisotopic (exact) mass is 261 g/mol. The molecule has 1 aromatic rings. The molecule has 1 fully saturated rings. The molecular formula is C17H27NO. The Morgan fingerprint density at radius 1 is 1.11 bits per heavy atom. The molecule has 0 bridgehead atoms. The van der Waals surface area contributed by atoms with Gasteiger partial charge in [0.25, 0.3) is 0 Å². The molecular weight excluding hydrogens is 234 g/mol. The van der Waals surface area contributed by atoms with Crippen LogP contribution in [0, 0.1) is 17.0 Å². The maximum Gasteiger partial charge on any atom is 0.103 e. The zero-order valence-electron chi connectivity index (χ0n) is 12.3. The molecule has 0 aliphatic heterocycles. The van der Waals surface area contributed by atoms with Crippen molar-refractivity contribution < 1.29 is 5.06 Å². The third-order valence-electron chi connectivity index (χ3n) is 4.47. The largest absolute Gasteiger partial charge is 0.634 e. The number of hydroxylamine groups is 2. The number of hydrogen-bond donors (Lipinski definition) is 1. The van der Waals surface area contributed by atoms with Gasteiger partial charge in [0.1, 0.15) is 6.54 Å². The molecule has 1 saturated carbocycles. The molecule has 0 aromatic heterocycles. The van der Waals surface area contributed by atoms with E-state index in [9.17, 15) is 5.21 Å². The summed E-state index contributed by atoms with van der Waals surface area (Å²) in [6.07, 6.45) is 6.49. The normalized spacial score (nSPS) is 20.4. The van der Waals surface area contributed by atoms with Crippen molar-refractivity contribution >= 4 is 0 Å². The molecule has 2 rings (SSSR count). The van der Waals surface area contributed by atoms with E-state index < -0.39 is 0 Å². The van der Waals surface area contributed by atoms with Gasteiger partial charge in [0.2, 0.25) is 0 Å². The first-order valence-electron chi connectivity index (χ1n) is 7.75. The van der Waals surface area contributed by atoms with E-state index in [1.54, 1.807) is 0 Å². The lowest BCUT2D eigenvalue weighted by Crippen LogP contribution is -3.11. The maximum atomic E-state index is 12.7. The fourth-order valence-corrected chi connectivity index (χ4v) is 3.59. The van der Waals surface area contributed by atoms with Crippen LogP contribution in [-0.2, 0) is 6.54 Å². The first-order valence-corrected chi connectivity index (χ1v) is 7.75. The Morgan fingerprint density at radius 3 is 2.32 bits per heavy atom. The van der Waals surface area contributed by atoms with Crippen LogP contribution in [0.5, 0.6) is 0 Å². The highest BCUT2D eigenvalue weighted by molar-refractivity contribution is 5.13. The van der Waals surface area contributed by atoms with Gasteiger partial charge in [-0.15, -0.1) is 0 Å². The SMILES string of the molecule is CC(C)C(C1CCCCC1)[NH+]([O-])Cc1ccccc1. The summed E-state index contributed by atoms with van der Waals surface area (Å²) in [5.41, 5.74) is 1.16. The molecule has 1 aliphatic rings. The van der Waals surface area contributed by atoms with Crippen molar-refractivity contribution in [2.24, 2.45) is 11.8 Å². The molecule has 1 aromatic carbocycles. The summed E-state index contributed by atoms with van der Waals surface area (Å²) in [6, 6.07) is 10.4. The Balaban J connectivity index is 2.01. The first kappa shape index (κ1) is 14.5. The van der Waals surface area contributed by atoms with Gasteiger partial charge in [-0.1, -0.05) is 63.4 Å². The van der Waals surface area contributed by atoms with Crippen LogP contribution in [0.2, 0.25) is 0 Å². The summed E-state index contributed by atoms with van der Waals surface area (Å²) in [5.74, 6) is 1.10. The minimum Gasteiger partial charge on any atom is -0.634 e. The average molecular weight is 261 g/mol. The Labute approximate surface area is 117 Å². The topological polar surface area (TPSA) is 27.5 Å². The lowest BCUT2D eigenvalue weighted by Gasteiger charge is -2.40. The zero-order chi connectivity index (χ0) is 13.7. The fourth-order valence-electron chi connectivity index (χ4n) is 3.59. The van der Waals surface area contributed by atoms with Crippen LogP contribution in [0.1, 0.15) is 51.5 Å². The second-order valence-corrected chi connectivity index (χ2v) is 6.30. The van der Waals surface area contributed by atoms with Gasteiger partial charge in [-0.25, -0.2) is 0 Å². The van der Waals surface area contributed by atoms with Gasteiger partial charge in [0.05, 0.1) is 6.04 Å². The fraction of sp³-hybridized carbons (Fsp3) is 0.647. The Kier molecular flexibility index (Phi) is 5.41. The molecule has 2 atom stereocenters. The molecule has 106 valence electrons. The second-order valence-electron chi connectivity index (χ2n) is 6.30. The van der Waals surface area contributed by atoms with Crippen molar-refractivity contribution in [2.75, 3.05) is 0 Å². The molecule has 0 amide bonds. The number of nitrogens with one attached hydrogen (secondary N) is 1. The Bertz CT molecular complexity index is 357. The molecule has 2 heteroatoms. The van der Waals surface area contributed by atoms with Crippen molar-refractivity contribution in [1.29, 1.82) is 0 Å². The van der Waals surface area contributed by atoms with Gasteiger partial charge in [0, 0.05) is 17.4 Å². The molecule has 0 saturated heterocycles. The lowest BCUT2D eigenvalue weighted by molar-refractivity contribution is -0.898. The molecule has 2 unspecified atom stereocenters. The van der Waals surface area contributed by atoms with E-state index in [0.29, 0.717) is 23.4 Å². The summed E-state index contributed by atoms with van der Waals surface area (Å²) in [6.45, 7) is 5.03. The van der Waals surface area contributed by atoms with Crippen molar-refractivity contribution in [3.05, 3.63) is 41.1 Å². The minimum atomic E-state index is 0.264. The van der Waals surface area contributed by atoms with Crippen LogP contribution in [-0.4, -0.2) is 6.04 Å². The highest BCUT2D eigenvalue weighted by atomic mass is 16.5. The number of quaternary nitrogens is 1. The van der Waals surface area contributed by atoms with E-state index in [4.69, 9.17) is 0 Å². The first-order chi connectivity index (χ1) is 9.18. The van der Waals surface area contributed by atoms with Crippen LogP contribution >= 0.6 is 0 Å². The number of benzene rings is 1. The zero-order valence-corrected chi connectivity index (χ0v) is 12.3. The van der Waals surface area contributed by atoms with E-state index in [0.717, 1.165) is 5.56 Å². The van der Waals surface area contributed by atoms with Gasteiger partial charge in [-0.05, 0) is 12.8 Å². The number of rotatable bonds is 5. The lowest BCUT2D eigenvalue weighted by atomic mass is 9.79. The molecule has 0 spiro atoms. The van der Waals surface area contributed by atoms with Crippen LogP contribution in [0.4, 0.5) is 0 Å². The van der Waals surface area contributed by atoms with Crippen molar-refractivity contribution in [2.45, 2.75) is 58.5 Å². The van der Waals surface area contributed by atoms with E-state index in [2.05, 4.69) is 26.0 Å². The molecule has 19 heavy (non-hydrogen) atoms. The summed E-state index contributed by atoms with van der Waals surface area (Å²) < 4.78 is 0. The van der Waals surface area contributed by atoms with Gasteiger partial charge >= 0.3 is 0 Å². The van der Waals surface area contributed by atoms with E-state index in [1.807, 2.05) is 18.2 Å². The van der Waals surface area contributed by atoms with Crippen LogP contribution in [0.25, 0.3) is 0 Å². The second kappa shape index (κ2) is 7.06. The minimum absolute atomic E-state index is 0.264. The van der Waals surface area contributed by atoms with Crippen LogP contribution < -0.4 is 5.06 Å². The van der Waals surface area contributed by atoms with Gasteiger partial charge in [-0.2, -0.15) is 0 Å². The molecule has 1 aliphatic carbocycles. The highest BCUT2D eigenvalue weighted by Crippen LogP contribution is 2.28. The van der Waals surface area contributed by atoms with Gasteiger partial charge < -0.3 is 10.3 Å². The maximum absolute atomic E-state index is 12.7. The van der Waals surface area contributed by atoms with Crippen LogP contribution in [0.15, 0.2) is 30.3 Å². The standard InChI is InChI=1S/C17H27NO/c1-14(2)17(16-11-7-4-8-12-16)18(19)13-15-9-5-3-6-10-15/h3,5-6,9-10,14,16-18H,4,7-8,11-13H2,1-2H3. The van der Waals surface area contributed by atoms with E-state index in [1.165, 1.54) is 32.1 Å². The third kappa shape index (κ3) is 4.05. The van der Waals surface area contributed by atoms with Gasteiger partial charge in [0.15, 0.2) is 0 Å². The summed E-state index contributed by atoms with van der Waals surface area (Å²) >= 11 is 0. The van der Waals surface area contributed by atoms with Crippen LogP contribution in [0.3, 0.4) is 0 Å². The Hall–Kier alpha value is -0.860. The predicted octanol–water partition coefficient (Wildman–Crippen LogP) is 3.17. The van der Waals surface area contributed by atoms with E-state index >= 15 is 0 Å². The summed E-state index contributed by atoms with van der Waals surface area (Å²) in [7, 11) is 0. The summed E-state index contributed by atoms with van der Waals surface area (Å²) in [5, 5.41) is 13.1. The average Bonchev–Trinajstić information content (AvgIpc) is 2.40. The smallest absolute Gasteiger partial charge is 0.103 e. The predicted molar refractivity (Wildman–Crippen MR) is 79.7 cm³/mol. The number of hydrogen-bond acceptors (Lipinski definition) is 1. The molecule has 2 nitrogen and oxygen atoms in total. The highest BCUT2D eigenvalue weighted by Gasteiger charge is 2.31. The quantitative estimate of drug-likeness (QED) is 0.810. The van der Waals surface area contributed by atoms with Crippen molar-refractivity contribution in [1.82, 2.24) is 0 Å². The molecule has 1 N–H and O–H groups in total. The van der Waals surface area contributed by atoms with E-state index in [-0.39, 0.29) is 6.04 Å². The molecule has 0 radical (unpaired) electrons. The van der Waals surface area contributed by atoms with Crippen molar-refractivity contribution in [3.8, 4) is 0 Å². The third-order valence-corrected chi connectivity index (χ3v) is 4.47. The molecule has 0 heterocycles. The summed E-state index contributed by atoms with van der Waals surface area (Å²) in [4.78, 5) is 0. The van der Waals surface area contributed by atoms with Crippen molar-refractivity contribution in [3.63, 3.8) is 0 Å². The Morgan fingerprint density at radius 2 is 1.74 bits per heavy atom.